The van der Waals surface area contributed by atoms with Crippen LogP contribution in [0.5, 0.6) is 0 Å². The second-order valence-electron chi connectivity index (χ2n) is 5.35. The lowest BCUT2D eigenvalue weighted by atomic mass is 10.1. The van der Waals surface area contributed by atoms with Crippen LogP contribution in [0.4, 0.5) is 5.69 Å². The van der Waals surface area contributed by atoms with Gasteiger partial charge >= 0.3 is 0 Å². The number of nitro benzene ring substituents is 1. The number of nitrogens with zero attached hydrogens (tertiary/aromatic N) is 1. The van der Waals surface area contributed by atoms with E-state index >= 15 is 0 Å². The third-order valence-electron chi connectivity index (χ3n) is 3.62. The van der Waals surface area contributed by atoms with Crippen molar-refractivity contribution in [3.05, 3.63) is 73.2 Å². The monoisotopic (exact) mass is 395 g/mol. The van der Waals surface area contributed by atoms with Gasteiger partial charge in [-0.2, -0.15) is 0 Å². The molecule has 0 aromatic heterocycles. The highest BCUT2D eigenvalue weighted by molar-refractivity contribution is 6.42. The number of carbonyl (C=O) groups excluding carboxylic acids is 2. The third-order valence-corrected chi connectivity index (χ3v) is 4.36. The van der Waals surface area contributed by atoms with Gasteiger partial charge in [-0.15, -0.1) is 0 Å². The van der Waals surface area contributed by atoms with Gasteiger partial charge in [0, 0.05) is 35.8 Å². The lowest BCUT2D eigenvalue weighted by Crippen LogP contribution is -2.35. The number of halogens is 2. The number of hydrogen-bond acceptors (Lipinski definition) is 4. The Morgan fingerprint density at radius 3 is 2.31 bits per heavy atom. The number of carbonyl (C=O) groups is 2. The van der Waals surface area contributed by atoms with Gasteiger partial charge in [-0.3, -0.25) is 19.7 Å². The number of hydrogen-bond donors (Lipinski definition) is 2. The van der Waals surface area contributed by atoms with Crippen LogP contribution in [0, 0.1) is 17.0 Å². The summed E-state index contributed by atoms with van der Waals surface area (Å²) in [4.78, 5) is 34.5. The topological polar surface area (TPSA) is 101 Å². The highest BCUT2D eigenvalue weighted by atomic mass is 35.5. The Balaban J connectivity index is 1.89. The van der Waals surface area contributed by atoms with Crippen LogP contribution in [0.1, 0.15) is 26.3 Å². The lowest BCUT2D eigenvalue weighted by Gasteiger charge is -2.09. The van der Waals surface area contributed by atoms with E-state index in [4.69, 9.17) is 23.2 Å². The summed E-state index contributed by atoms with van der Waals surface area (Å²) in [6.07, 6.45) is 0. The molecular weight excluding hydrogens is 381 g/mol. The fourth-order valence-corrected chi connectivity index (χ4v) is 2.55. The Bertz CT molecular complexity index is 871. The molecule has 9 heteroatoms. The van der Waals surface area contributed by atoms with Crippen molar-refractivity contribution in [1.29, 1.82) is 0 Å². The summed E-state index contributed by atoms with van der Waals surface area (Å²) in [5.41, 5.74) is 0.732. The van der Waals surface area contributed by atoms with Crippen LogP contribution in [0.2, 0.25) is 10.0 Å². The van der Waals surface area contributed by atoms with Gasteiger partial charge in [-0.25, -0.2) is 0 Å². The number of rotatable bonds is 6. The molecule has 2 aromatic rings. The van der Waals surface area contributed by atoms with Gasteiger partial charge in [0.25, 0.3) is 17.5 Å². The highest BCUT2D eigenvalue weighted by Gasteiger charge is 2.17. The van der Waals surface area contributed by atoms with Crippen LogP contribution in [-0.4, -0.2) is 29.8 Å². The minimum atomic E-state index is -0.538. The first kappa shape index (κ1) is 19.7. The van der Waals surface area contributed by atoms with Gasteiger partial charge in [0.2, 0.25) is 0 Å². The van der Waals surface area contributed by atoms with Crippen LogP contribution < -0.4 is 10.6 Å². The SMILES string of the molecule is Cc1c(C(=O)NCCNC(=O)c2ccc(Cl)c(Cl)c2)cccc1[N+](=O)[O-]. The van der Waals surface area contributed by atoms with E-state index in [0.29, 0.717) is 10.6 Å². The van der Waals surface area contributed by atoms with Gasteiger partial charge < -0.3 is 10.6 Å². The van der Waals surface area contributed by atoms with Crippen molar-refractivity contribution in [3.8, 4) is 0 Å². The molecule has 7 nitrogen and oxygen atoms in total. The molecule has 0 spiro atoms. The third kappa shape index (κ3) is 4.71. The quantitative estimate of drug-likeness (QED) is 0.444. The molecule has 0 atom stereocenters. The molecule has 0 bridgehead atoms. The van der Waals surface area contributed by atoms with Gasteiger partial charge in [-0.05, 0) is 31.2 Å². The fraction of sp³-hybridized carbons (Fsp3) is 0.176. The molecule has 2 N–H and O–H groups in total. The molecule has 2 aromatic carbocycles. The molecule has 0 heterocycles. The number of nitro groups is 1. The summed E-state index contributed by atoms with van der Waals surface area (Å²) in [5.74, 6) is -0.806. The molecule has 0 aliphatic heterocycles. The zero-order valence-corrected chi connectivity index (χ0v) is 15.2. The molecule has 0 aliphatic rings. The second kappa shape index (κ2) is 8.64. The van der Waals surface area contributed by atoms with Gasteiger partial charge in [0.1, 0.15) is 0 Å². The van der Waals surface area contributed by atoms with E-state index in [1.807, 2.05) is 0 Å². The molecule has 0 unspecified atom stereocenters. The molecule has 0 saturated heterocycles. The molecule has 2 rings (SSSR count). The first-order chi connectivity index (χ1) is 12.3. The first-order valence-corrected chi connectivity index (χ1v) is 8.32. The van der Waals surface area contributed by atoms with E-state index in [2.05, 4.69) is 10.6 Å². The Morgan fingerprint density at radius 1 is 1.04 bits per heavy atom. The van der Waals surface area contributed by atoms with Crippen LogP contribution in [0.15, 0.2) is 36.4 Å². The minimum absolute atomic E-state index is 0.120. The summed E-state index contributed by atoms with van der Waals surface area (Å²) in [6, 6.07) is 8.80. The number of benzene rings is 2. The summed E-state index contributed by atoms with van der Waals surface area (Å²) in [7, 11) is 0. The van der Waals surface area contributed by atoms with Crippen molar-refractivity contribution < 1.29 is 14.5 Å². The molecule has 0 fully saturated rings. The molecule has 0 aliphatic carbocycles. The average molecular weight is 396 g/mol. The van der Waals surface area contributed by atoms with Crippen molar-refractivity contribution in [2.75, 3.05) is 13.1 Å². The zero-order valence-electron chi connectivity index (χ0n) is 13.7. The second-order valence-corrected chi connectivity index (χ2v) is 6.16. The van der Waals surface area contributed by atoms with E-state index in [1.54, 1.807) is 0 Å². The first-order valence-electron chi connectivity index (χ1n) is 7.56. The van der Waals surface area contributed by atoms with Crippen LogP contribution in [-0.2, 0) is 0 Å². The van der Waals surface area contributed by atoms with Gasteiger partial charge in [0.15, 0.2) is 0 Å². The summed E-state index contributed by atoms with van der Waals surface area (Å²) in [5, 5.41) is 16.8. The Morgan fingerprint density at radius 2 is 1.69 bits per heavy atom. The van der Waals surface area contributed by atoms with Gasteiger partial charge in [0.05, 0.1) is 15.0 Å². The lowest BCUT2D eigenvalue weighted by molar-refractivity contribution is -0.385. The van der Waals surface area contributed by atoms with Crippen molar-refractivity contribution in [2.45, 2.75) is 6.92 Å². The molecular formula is C17H15Cl2N3O4. The minimum Gasteiger partial charge on any atom is -0.350 e. The number of nitrogens with one attached hydrogen (secondary N) is 2. The van der Waals surface area contributed by atoms with Crippen molar-refractivity contribution in [2.24, 2.45) is 0 Å². The normalized spacial score (nSPS) is 10.3. The van der Waals surface area contributed by atoms with Crippen molar-refractivity contribution in [3.63, 3.8) is 0 Å². The molecule has 0 saturated carbocycles. The van der Waals surface area contributed by atoms with Crippen LogP contribution >= 0.6 is 23.2 Å². The largest absolute Gasteiger partial charge is 0.350 e. The molecule has 2 amide bonds. The van der Waals surface area contributed by atoms with Crippen molar-refractivity contribution >= 4 is 40.7 Å². The van der Waals surface area contributed by atoms with E-state index < -0.39 is 10.8 Å². The predicted octanol–water partition coefficient (Wildman–Crippen LogP) is 3.37. The Kier molecular flexibility index (Phi) is 6.54. The predicted molar refractivity (Wildman–Crippen MR) is 99.0 cm³/mol. The fourth-order valence-electron chi connectivity index (χ4n) is 2.25. The van der Waals surface area contributed by atoms with E-state index in [-0.39, 0.29) is 40.8 Å². The summed E-state index contributed by atoms with van der Waals surface area (Å²) >= 11 is 11.7. The number of amides is 2. The van der Waals surface area contributed by atoms with Crippen molar-refractivity contribution in [1.82, 2.24) is 10.6 Å². The Hall–Kier alpha value is -2.64. The smallest absolute Gasteiger partial charge is 0.273 e. The molecule has 0 radical (unpaired) electrons. The van der Waals surface area contributed by atoms with Crippen LogP contribution in [0.25, 0.3) is 0 Å². The Labute approximate surface area is 159 Å². The van der Waals surface area contributed by atoms with E-state index in [0.717, 1.165) is 0 Å². The maximum absolute atomic E-state index is 12.2. The maximum atomic E-state index is 12.2. The summed E-state index contributed by atoms with van der Waals surface area (Å²) in [6.45, 7) is 1.85. The molecule has 26 heavy (non-hydrogen) atoms. The standard InChI is InChI=1S/C17H15Cl2N3O4/c1-10-12(3-2-4-15(10)22(25)26)17(24)21-8-7-20-16(23)11-5-6-13(18)14(19)9-11/h2-6,9H,7-8H2,1H3,(H,20,23)(H,21,24). The van der Waals surface area contributed by atoms with Crippen LogP contribution in [0.3, 0.4) is 0 Å². The maximum Gasteiger partial charge on any atom is 0.273 e. The molecule has 136 valence electrons. The average Bonchev–Trinajstić information content (AvgIpc) is 2.60. The van der Waals surface area contributed by atoms with Gasteiger partial charge in [-0.1, -0.05) is 29.3 Å². The van der Waals surface area contributed by atoms with E-state index in [1.165, 1.54) is 43.3 Å². The highest BCUT2D eigenvalue weighted by Crippen LogP contribution is 2.22. The zero-order chi connectivity index (χ0) is 19.3. The van der Waals surface area contributed by atoms with E-state index in [9.17, 15) is 19.7 Å². The summed E-state index contributed by atoms with van der Waals surface area (Å²) < 4.78 is 0.